The van der Waals surface area contributed by atoms with Gasteiger partial charge in [-0.2, -0.15) is 0 Å². The number of nitrogens with zero attached hydrogens (tertiary/aromatic N) is 2. The van der Waals surface area contributed by atoms with Gasteiger partial charge in [-0.25, -0.2) is 9.78 Å². The Hall–Kier alpha value is -2.63. The molecule has 0 fully saturated rings. The Balaban J connectivity index is 2.13. The smallest absolute Gasteiger partial charge is 0.330 e. The maximum Gasteiger partial charge on any atom is 0.330 e. The number of aryl methyl sites for hydroxylation is 2. The van der Waals surface area contributed by atoms with Crippen LogP contribution in [-0.4, -0.2) is 34.9 Å². The maximum absolute atomic E-state index is 12.1. The van der Waals surface area contributed by atoms with Crippen molar-refractivity contribution in [1.29, 1.82) is 0 Å². The van der Waals surface area contributed by atoms with Crippen molar-refractivity contribution in [3.63, 3.8) is 0 Å². The van der Waals surface area contributed by atoms with Crippen molar-refractivity contribution in [2.24, 2.45) is 0 Å². The number of esters is 1. The zero-order valence-corrected chi connectivity index (χ0v) is 12.2. The van der Waals surface area contributed by atoms with E-state index in [-0.39, 0.29) is 12.5 Å². The molecule has 6 nitrogen and oxygen atoms in total. The second kappa shape index (κ2) is 6.21. The molecule has 0 aliphatic rings. The van der Waals surface area contributed by atoms with E-state index in [1.54, 1.807) is 6.07 Å². The summed E-state index contributed by atoms with van der Waals surface area (Å²) in [5.41, 5.74) is 3.01. The van der Waals surface area contributed by atoms with Gasteiger partial charge >= 0.3 is 5.97 Å². The zero-order chi connectivity index (χ0) is 15.4. The Morgan fingerprint density at radius 2 is 2.19 bits per heavy atom. The maximum atomic E-state index is 12.1. The van der Waals surface area contributed by atoms with Gasteiger partial charge in [0, 0.05) is 30.2 Å². The van der Waals surface area contributed by atoms with E-state index in [1.807, 2.05) is 30.5 Å². The zero-order valence-electron chi connectivity index (χ0n) is 12.2. The lowest BCUT2D eigenvalue weighted by atomic mass is 10.3. The second-order valence-corrected chi connectivity index (χ2v) is 4.60. The van der Waals surface area contributed by atoms with Gasteiger partial charge in [0.25, 0.3) is 5.91 Å². The predicted molar refractivity (Wildman–Crippen MR) is 78.2 cm³/mol. The van der Waals surface area contributed by atoms with Crippen molar-refractivity contribution >= 4 is 17.5 Å². The number of nitrogens with one attached hydrogen (secondary N) is 1. The van der Waals surface area contributed by atoms with Crippen LogP contribution in [0.25, 0.3) is 5.65 Å². The van der Waals surface area contributed by atoms with Crippen molar-refractivity contribution < 1.29 is 14.3 Å². The van der Waals surface area contributed by atoms with Crippen LogP contribution in [0.4, 0.5) is 0 Å². The Morgan fingerprint density at radius 1 is 1.43 bits per heavy atom. The largest absolute Gasteiger partial charge is 0.466 e. The summed E-state index contributed by atoms with van der Waals surface area (Å²) in [7, 11) is 1.30. The number of hydrogen-bond donors (Lipinski definition) is 1. The van der Waals surface area contributed by atoms with Crippen LogP contribution in [-0.2, 0) is 9.53 Å². The highest BCUT2D eigenvalue weighted by Crippen LogP contribution is 2.13. The van der Waals surface area contributed by atoms with Gasteiger partial charge in [0.15, 0.2) is 0 Å². The third-order valence-corrected chi connectivity index (χ3v) is 3.02. The molecule has 0 aliphatic heterocycles. The SMILES string of the molecule is COC(=O)/C=C/CNC(=O)c1ccn2c(C)cc(C)nc12. The molecule has 2 aromatic heterocycles. The minimum Gasteiger partial charge on any atom is -0.466 e. The molecule has 6 heteroatoms. The van der Waals surface area contributed by atoms with Crippen molar-refractivity contribution in [3.8, 4) is 0 Å². The molecule has 0 radical (unpaired) electrons. The van der Waals surface area contributed by atoms with E-state index in [9.17, 15) is 9.59 Å². The number of amides is 1. The molecule has 2 aromatic rings. The van der Waals surface area contributed by atoms with Crippen LogP contribution in [0.15, 0.2) is 30.5 Å². The first-order valence-corrected chi connectivity index (χ1v) is 6.51. The quantitative estimate of drug-likeness (QED) is 0.681. The van der Waals surface area contributed by atoms with Crippen molar-refractivity contribution in [2.75, 3.05) is 13.7 Å². The van der Waals surface area contributed by atoms with E-state index in [1.165, 1.54) is 19.3 Å². The highest BCUT2D eigenvalue weighted by atomic mass is 16.5. The number of hydrogen-bond acceptors (Lipinski definition) is 4. The Morgan fingerprint density at radius 3 is 2.90 bits per heavy atom. The highest BCUT2D eigenvalue weighted by molar-refractivity contribution is 6.00. The number of methoxy groups -OCH3 is 1. The van der Waals surface area contributed by atoms with Crippen LogP contribution < -0.4 is 5.32 Å². The Kier molecular flexibility index (Phi) is 4.37. The fraction of sp³-hybridized carbons (Fsp3) is 0.267. The van der Waals surface area contributed by atoms with Gasteiger partial charge in [-0.3, -0.25) is 4.79 Å². The summed E-state index contributed by atoms with van der Waals surface area (Å²) in [5.74, 6) is -0.684. The van der Waals surface area contributed by atoms with Crippen LogP contribution in [0.2, 0.25) is 0 Å². The van der Waals surface area contributed by atoms with E-state index >= 15 is 0 Å². The number of ether oxygens (including phenoxy) is 1. The number of rotatable bonds is 4. The van der Waals surface area contributed by atoms with Crippen molar-refractivity contribution in [3.05, 3.63) is 47.4 Å². The molecule has 0 aliphatic carbocycles. The molecular formula is C15H17N3O3. The lowest BCUT2D eigenvalue weighted by molar-refractivity contribution is -0.134. The number of aromatic nitrogens is 2. The van der Waals surface area contributed by atoms with Gasteiger partial charge in [0.2, 0.25) is 0 Å². The molecular weight excluding hydrogens is 270 g/mol. The predicted octanol–water partition coefficient (Wildman–Crippen LogP) is 1.41. The third-order valence-electron chi connectivity index (χ3n) is 3.02. The van der Waals surface area contributed by atoms with Crippen LogP contribution in [0.5, 0.6) is 0 Å². The first-order valence-electron chi connectivity index (χ1n) is 6.51. The molecule has 21 heavy (non-hydrogen) atoms. The van der Waals surface area contributed by atoms with Gasteiger partial charge in [-0.15, -0.1) is 0 Å². The molecule has 0 saturated heterocycles. The topological polar surface area (TPSA) is 72.7 Å². The van der Waals surface area contributed by atoms with Crippen molar-refractivity contribution in [1.82, 2.24) is 14.7 Å². The fourth-order valence-corrected chi connectivity index (χ4v) is 2.04. The summed E-state index contributed by atoms with van der Waals surface area (Å²) in [6.45, 7) is 4.10. The molecule has 0 saturated carbocycles. The number of carbonyl (C=O) groups is 2. The molecule has 0 atom stereocenters. The standard InChI is InChI=1S/C15H17N3O3/c1-10-9-11(2)18-8-6-12(14(18)17-10)15(20)16-7-4-5-13(19)21-3/h4-6,8-9H,7H2,1-3H3,(H,16,20)/b5-4+. The summed E-state index contributed by atoms with van der Waals surface area (Å²) in [5, 5.41) is 2.71. The first kappa shape index (κ1) is 14.8. The summed E-state index contributed by atoms with van der Waals surface area (Å²) in [4.78, 5) is 27.4. The average molecular weight is 287 g/mol. The number of carbonyl (C=O) groups excluding carboxylic acids is 2. The summed E-state index contributed by atoms with van der Waals surface area (Å²) < 4.78 is 6.33. The van der Waals surface area contributed by atoms with Gasteiger partial charge in [0.1, 0.15) is 5.65 Å². The van der Waals surface area contributed by atoms with Crippen LogP contribution >= 0.6 is 0 Å². The summed E-state index contributed by atoms with van der Waals surface area (Å²) in [6, 6.07) is 3.68. The van der Waals surface area contributed by atoms with Gasteiger partial charge in [-0.05, 0) is 26.0 Å². The molecule has 110 valence electrons. The Bertz CT molecular complexity index is 716. The minimum atomic E-state index is -0.452. The first-order chi connectivity index (χ1) is 10.0. The van der Waals surface area contributed by atoms with Crippen molar-refractivity contribution in [2.45, 2.75) is 13.8 Å². The molecule has 0 unspecified atom stereocenters. The summed E-state index contributed by atoms with van der Waals surface area (Å²) in [6.07, 6.45) is 4.62. The van der Waals surface area contributed by atoms with E-state index in [0.29, 0.717) is 11.2 Å². The average Bonchev–Trinajstić information content (AvgIpc) is 2.87. The minimum absolute atomic E-state index is 0.232. The normalized spacial score (nSPS) is 11.0. The third kappa shape index (κ3) is 3.28. The molecule has 2 rings (SSSR count). The van der Waals surface area contributed by atoms with Gasteiger partial charge in [0.05, 0.1) is 12.7 Å². The lowest BCUT2D eigenvalue weighted by Crippen LogP contribution is -2.23. The lowest BCUT2D eigenvalue weighted by Gasteiger charge is -2.04. The summed E-state index contributed by atoms with van der Waals surface area (Å²) >= 11 is 0. The van der Waals surface area contributed by atoms with Gasteiger partial charge < -0.3 is 14.5 Å². The highest BCUT2D eigenvalue weighted by Gasteiger charge is 2.13. The van der Waals surface area contributed by atoms with Crippen LogP contribution in [0.1, 0.15) is 21.7 Å². The molecule has 0 spiro atoms. The Labute approximate surface area is 122 Å². The molecule has 2 heterocycles. The second-order valence-electron chi connectivity index (χ2n) is 4.60. The van der Waals surface area contributed by atoms with Gasteiger partial charge in [-0.1, -0.05) is 6.08 Å². The fourth-order valence-electron chi connectivity index (χ4n) is 2.04. The van der Waals surface area contributed by atoms with E-state index in [0.717, 1.165) is 11.4 Å². The molecule has 1 N–H and O–H groups in total. The molecule has 0 aromatic carbocycles. The van der Waals surface area contributed by atoms with E-state index in [2.05, 4.69) is 15.0 Å². The monoisotopic (exact) mass is 287 g/mol. The van der Waals surface area contributed by atoms with E-state index in [4.69, 9.17) is 0 Å². The molecule has 1 amide bonds. The molecule has 0 bridgehead atoms. The van der Waals surface area contributed by atoms with Crippen LogP contribution in [0, 0.1) is 13.8 Å². The van der Waals surface area contributed by atoms with Crippen LogP contribution in [0.3, 0.4) is 0 Å². The number of fused-ring (bicyclic) bond motifs is 1. The van der Waals surface area contributed by atoms with E-state index < -0.39 is 5.97 Å².